The first kappa shape index (κ1) is 26.3. The van der Waals surface area contributed by atoms with Crippen LogP contribution in [0.15, 0.2) is 17.1 Å². The molecule has 11 heteroatoms. The van der Waals surface area contributed by atoms with Gasteiger partial charge >= 0.3 is 12.1 Å². The minimum atomic E-state index is -0.785. The molecular formula is C24H33FN4O6. The monoisotopic (exact) mass is 492 g/mol. The Morgan fingerprint density at radius 3 is 2.49 bits per heavy atom. The Labute approximate surface area is 203 Å². The lowest BCUT2D eigenvalue weighted by molar-refractivity contribution is 0.0528. The second-order valence-corrected chi connectivity index (χ2v) is 9.34. The lowest BCUT2D eigenvalue weighted by Gasteiger charge is -2.28. The van der Waals surface area contributed by atoms with Crippen molar-refractivity contribution in [1.82, 2.24) is 9.88 Å². The van der Waals surface area contributed by atoms with Crippen LogP contribution in [0.1, 0.15) is 50.0 Å². The molecular weight excluding hydrogens is 459 g/mol. The van der Waals surface area contributed by atoms with E-state index in [1.54, 1.807) is 30.2 Å². The van der Waals surface area contributed by atoms with E-state index in [4.69, 9.17) is 19.9 Å². The topological polar surface area (TPSA) is 125 Å². The number of anilines is 1. The van der Waals surface area contributed by atoms with Crippen LogP contribution in [0.4, 0.5) is 14.9 Å². The number of hydrogen-bond donors (Lipinski definition) is 2. The number of hydrogen-bond acceptors (Lipinski definition) is 8. The normalized spacial score (nSPS) is 13.5. The van der Waals surface area contributed by atoms with Crippen molar-refractivity contribution in [2.75, 3.05) is 45.3 Å². The first-order chi connectivity index (χ1) is 16.5. The smallest absolute Gasteiger partial charge is 0.407 e. The van der Waals surface area contributed by atoms with Crippen LogP contribution in [0.3, 0.4) is 0 Å². The van der Waals surface area contributed by atoms with Gasteiger partial charge in [-0.1, -0.05) is 0 Å². The highest BCUT2D eigenvalue weighted by molar-refractivity contribution is 5.97. The van der Waals surface area contributed by atoms with E-state index in [1.807, 2.05) is 0 Å². The van der Waals surface area contributed by atoms with Gasteiger partial charge in [0.25, 0.3) is 0 Å². The molecule has 1 aliphatic carbocycles. The fourth-order valence-corrected chi connectivity index (χ4v) is 3.93. The van der Waals surface area contributed by atoms with Gasteiger partial charge in [0.2, 0.25) is 5.43 Å². The molecule has 1 amide bonds. The van der Waals surface area contributed by atoms with E-state index in [-0.39, 0.29) is 54.6 Å². The molecule has 1 aliphatic rings. The van der Waals surface area contributed by atoms with Gasteiger partial charge < -0.3 is 34.7 Å². The summed E-state index contributed by atoms with van der Waals surface area (Å²) in [4.78, 5) is 39.0. The minimum absolute atomic E-state index is 0.0254. The number of alkyl carbamates (subject to hydrolysis) is 1. The first-order valence-corrected chi connectivity index (χ1v) is 11.5. The third kappa shape index (κ3) is 5.84. The number of rotatable bonds is 9. The van der Waals surface area contributed by atoms with Crippen molar-refractivity contribution in [2.45, 2.75) is 45.3 Å². The Morgan fingerprint density at radius 1 is 1.26 bits per heavy atom. The molecule has 3 rings (SSSR count). The quantitative estimate of drug-likeness (QED) is 0.512. The number of carbonyl (C=O) groups is 2. The Kier molecular flexibility index (Phi) is 7.89. The van der Waals surface area contributed by atoms with Crippen molar-refractivity contribution in [1.29, 1.82) is 0 Å². The Morgan fingerprint density at radius 2 is 1.94 bits per heavy atom. The van der Waals surface area contributed by atoms with E-state index in [2.05, 4.69) is 5.32 Å². The molecule has 0 bridgehead atoms. The van der Waals surface area contributed by atoms with Crippen LogP contribution in [-0.4, -0.2) is 62.6 Å². The molecule has 2 aromatic rings. The van der Waals surface area contributed by atoms with Gasteiger partial charge in [-0.15, -0.1) is 0 Å². The molecule has 0 aliphatic heterocycles. The summed E-state index contributed by atoms with van der Waals surface area (Å²) < 4.78 is 33.0. The number of fused-ring (bicyclic) bond motifs is 1. The second-order valence-electron chi connectivity index (χ2n) is 9.34. The highest BCUT2D eigenvalue weighted by Gasteiger charge is 2.31. The summed E-state index contributed by atoms with van der Waals surface area (Å²) in [5.41, 5.74) is 4.86. The number of amides is 1. The van der Waals surface area contributed by atoms with Crippen LogP contribution >= 0.6 is 0 Å². The fraction of sp³-hybridized carbons (Fsp3) is 0.542. The summed E-state index contributed by atoms with van der Waals surface area (Å²) in [5, 5.41) is 2.68. The summed E-state index contributed by atoms with van der Waals surface area (Å²) in [7, 11) is 2.58. The molecule has 0 atom stereocenters. The second kappa shape index (κ2) is 10.5. The van der Waals surface area contributed by atoms with E-state index >= 15 is 4.39 Å². The number of halogens is 1. The lowest BCUT2D eigenvalue weighted by atomic mass is 10.1. The zero-order valence-electron chi connectivity index (χ0n) is 20.8. The first-order valence-electron chi connectivity index (χ1n) is 11.5. The summed E-state index contributed by atoms with van der Waals surface area (Å²) >= 11 is 0. The van der Waals surface area contributed by atoms with Crippen molar-refractivity contribution in [3.63, 3.8) is 0 Å². The van der Waals surface area contributed by atoms with Gasteiger partial charge in [-0.05, 0) is 39.7 Å². The van der Waals surface area contributed by atoms with Crippen molar-refractivity contribution in [3.8, 4) is 5.75 Å². The largest absolute Gasteiger partial charge is 0.492 e. The Bertz CT molecular complexity index is 1170. The average molecular weight is 493 g/mol. The number of ether oxygens (including phenoxy) is 3. The summed E-state index contributed by atoms with van der Waals surface area (Å²) in [6.07, 6.45) is 2.56. The number of esters is 1. The molecule has 0 spiro atoms. The third-order valence-corrected chi connectivity index (χ3v) is 5.51. The number of pyridine rings is 1. The number of nitrogens with two attached hydrogens (primary N) is 1. The minimum Gasteiger partial charge on any atom is -0.492 e. The maximum absolute atomic E-state index is 15.6. The van der Waals surface area contributed by atoms with Gasteiger partial charge in [0, 0.05) is 38.4 Å². The molecule has 0 saturated heterocycles. The number of carbonyl (C=O) groups excluding carboxylic acids is 2. The van der Waals surface area contributed by atoms with Crippen LogP contribution < -0.4 is 26.1 Å². The molecule has 1 fully saturated rings. The summed E-state index contributed by atoms with van der Waals surface area (Å²) in [6.45, 7) is 6.12. The zero-order chi connectivity index (χ0) is 25.9. The molecule has 35 heavy (non-hydrogen) atoms. The van der Waals surface area contributed by atoms with Crippen LogP contribution in [-0.2, 0) is 9.47 Å². The molecule has 1 saturated carbocycles. The molecule has 3 N–H and O–H groups in total. The molecule has 0 unspecified atom stereocenters. The van der Waals surface area contributed by atoms with Crippen molar-refractivity contribution < 1.29 is 28.2 Å². The van der Waals surface area contributed by atoms with Crippen molar-refractivity contribution >= 4 is 28.7 Å². The van der Waals surface area contributed by atoms with Gasteiger partial charge in [-0.25, -0.2) is 14.0 Å². The Balaban J connectivity index is 2.07. The number of aromatic nitrogens is 1. The highest BCUT2D eigenvalue weighted by Crippen LogP contribution is 2.43. The van der Waals surface area contributed by atoms with Crippen molar-refractivity contribution in [2.24, 2.45) is 5.73 Å². The maximum Gasteiger partial charge on any atom is 0.407 e. The fourth-order valence-electron chi connectivity index (χ4n) is 3.93. The van der Waals surface area contributed by atoms with Crippen LogP contribution in [0.2, 0.25) is 0 Å². The van der Waals surface area contributed by atoms with Crippen molar-refractivity contribution in [3.05, 3.63) is 33.9 Å². The van der Waals surface area contributed by atoms with Gasteiger partial charge in [0.1, 0.15) is 16.9 Å². The average Bonchev–Trinajstić information content (AvgIpc) is 3.62. The third-order valence-electron chi connectivity index (χ3n) is 5.51. The van der Waals surface area contributed by atoms with E-state index in [0.717, 1.165) is 18.9 Å². The molecule has 1 aromatic carbocycles. The molecule has 0 radical (unpaired) electrons. The predicted molar refractivity (Wildman–Crippen MR) is 130 cm³/mol. The number of nitrogens with one attached hydrogen (secondary N) is 1. The molecule has 1 aromatic heterocycles. The molecule has 1 heterocycles. The summed E-state index contributed by atoms with van der Waals surface area (Å²) in [5.74, 6) is -1.33. The van der Waals surface area contributed by atoms with Gasteiger partial charge in [-0.2, -0.15) is 0 Å². The maximum atomic E-state index is 15.6. The number of nitrogens with zero attached hydrogens (tertiary/aromatic N) is 2. The molecule has 10 nitrogen and oxygen atoms in total. The zero-order valence-corrected chi connectivity index (χ0v) is 20.8. The van der Waals surface area contributed by atoms with Gasteiger partial charge in [0.15, 0.2) is 11.6 Å². The SMILES string of the molecule is COC(=O)c1cn(C2CC2)c2c(OC)c(N(CCN)CCNC(=O)OC(C)(C)C)c(F)cc2c1=O. The Hall–Kier alpha value is -3.34. The lowest BCUT2D eigenvalue weighted by Crippen LogP contribution is -2.40. The highest BCUT2D eigenvalue weighted by atomic mass is 19.1. The van der Waals surface area contributed by atoms with E-state index in [1.165, 1.54) is 20.4 Å². The number of methoxy groups -OCH3 is 2. The predicted octanol–water partition coefficient (Wildman–Crippen LogP) is 2.56. The van der Waals surface area contributed by atoms with Crippen LogP contribution in [0.25, 0.3) is 10.9 Å². The van der Waals surface area contributed by atoms with Gasteiger partial charge in [0.05, 0.1) is 25.1 Å². The van der Waals surface area contributed by atoms with Gasteiger partial charge in [-0.3, -0.25) is 4.79 Å². The van der Waals surface area contributed by atoms with E-state index in [9.17, 15) is 14.4 Å². The van der Waals surface area contributed by atoms with E-state index < -0.39 is 28.9 Å². The standard InChI is InChI=1S/C24H33FN4O6/c1-24(2,3)35-23(32)27-9-11-28(10-8-26)19-17(25)12-15-18(21(19)33-4)29(14-6-7-14)13-16(20(15)30)22(31)34-5/h12-14H,6-11,26H2,1-5H3,(H,27,32). The molecule has 192 valence electrons. The number of benzene rings is 1. The van der Waals surface area contributed by atoms with Crippen LogP contribution in [0.5, 0.6) is 5.75 Å². The van der Waals surface area contributed by atoms with E-state index in [0.29, 0.717) is 5.52 Å². The summed E-state index contributed by atoms with van der Waals surface area (Å²) in [6, 6.07) is 1.16. The van der Waals surface area contributed by atoms with Crippen LogP contribution in [0, 0.1) is 5.82 Å².